The third kappa shape index (κ3) is 3.28. The molecule has 0 unspecified atom stereocenters. The van der Waals surface area contributed by atoms with Gasteiger partial charge in [0.15, 0.2) is 0 Å². The monoisotopic (exact) mass is 353 g/mol. The average molecular weight is 353 g/mol. The molecule has 0 saturated heterocycles. The number of nitrogens with one attached hydrogen (secondary N) is 1. The van der Waals surface area contributed by atoms with Gasteiger partial charge in [0.25, 0.3) is 0 Å². The van der Waals surface area contributed by atoms with Crippen LogP contribution in [0.1, 0.15) is 27.2 Å². The zero-order valence-electron chi connectivity index (χ0n) is 13.1. The predicted octanol–water partition coefficient (Wildman–Crippen LogP) is 4.53. The van der Waals surface area contributed by atoms with Crippen LogP contribution in [0.4, 0.5) is 5.82 Å². The van der Waals surface area contributed by atoms with Crippen LogP contribution in [0.25, 0.3) is 6.08 Å². The van der Waals surface area contributed by atoms with E-state index in [2.05, 4.69) is 22.5 Å². The van der Waals surface area contributed by atoms with E-state index in [0.29, 0.717) is 10.7 Å². The minimum absolute atomic E-state index is 0.0897. The first-order valence-corrected chi connectivity index (χ1v) is 9.47. The number of thioether (sulfide) groups is 1. The maximum Gasteiger partial charge on any atom is 0.215 e. The minimum atomic E-state index is -0.224. The number of rotatable bonds is 5. The number of aromatic nitrogens is 1. The van der Waals surface area contributed by atoms with Gasteiger partial charge in [0, 0.05) is 18.0 Å². The quantitative estimate of drug-likeness (QED) is 0.370. The first kappa shape index (κ1) is 16.5. The number of nitrogens with zero attached hydrogens (tertiary/aromatic N) is 2. The number of thiophene rings is 1. The van der Waals surface area contributed by atoms with Crippen molar-refractivity contribution in [3.05, 3.63) is 58.2 Å². The molecule has 0 spiro atoms. The summed E-state index contributed by atoms with van der Waals surface area (Å²) >= 11 is 3.11. The Morgan fingerprint density at radius 2 is 2.38 bits per heavy atom. The third-order valence-corrected chi connectivity index (χ3v) is 6.03. The van der Waals surface area contributed by atoms with E-state index >= 15 is 0 Å². The molecule has 0 amide bonds. The van der Waals surface area contributed by atoms with Crippen molar-refractivity contribution in [3.63, 3.8) is 0 Å². The number of allylic oxidation sites excluding steroid dienone is 2. The Bertz CT molecular complexity index is 860. The highest BCUT2D eigenvalue weighted by Crippen LogP contribution is 2.39. The molecule has 2 aromatic rings. The fraction of sp³-hybridized carbons (Fsp3) is 0.167. The second-order valence-corrected chi connectivity index (χ2v) is 7.21. The summed E-state index contributed by atoms with van der Waals surface area (Å²) in [5.41, 5.74) is 2.29. The fourth-order valence-electron chi connectivity index (χ4n) is 2.50. The highest BCUT2D eigenvalue weighted by atomic mass is 32.2. The topological polar surface area (TPSA) is 65.8 Å². The van der Waals surface area contributed by atoms with Crippen molar-refractivity contribution in [1.29, 1.82) is 5.26 Å². The van der Waals surface area contributed by atoms with Crippen LogP contribution in [0.5, 0.6) is 0 Å². The maximum atomic E-state index is 12.8. The molecule has 0 aliphatic heterocycles. The zero-order chi connectivity index (χ0) is 16.9. The predicted molar refractivity (Wildman–Crippen MR) is 99.3 cm³/mol. The van der Waals surface area contributed by atoms with E-state index in [0.717, 1.165) is 28.2 Å². The molecule has 6 heteroatoms. The molecular formula is C18H15N3OS2. The van der Waals surface area contributed by atoms with Gasteiger partial charge in [-0.3, -0.25) is 4.79 Å². The van der Waals surface area contributed by atoms with Crippen LogP contribution < -0.4 is 5.32 Å². The molecule has 3 rings (SSSR count). The van der Waals surface area contributed by atoms with E-state index < -0.39 is 0 Å². The molecule has 4 nitrogen and oxygen atoms in total. The summed E-state index contributed by atoms with van der Waals surface area (Å²) in [7, 11) is 0. The number of pyridine rings is 1. The van der Waals surface area contributed by atoms with E-state index in [1.165, 1.54) is 17.5 Å². The number of anilines is 1. The first-order valence-electron chi connectivity index (χ1n) is 7.43. The molecule has 0 aromatic carbocycles. The Balaban J connectivity index is 1.91. The van der Waals surface area contributed by atoms with Crippen molar-refractivity contribution in [1.82, 2.24) is 4.98 Å². The summed E-state index contributed by atoms with van der Waals surface area (Å²) in [6.07, 6.45) is 11.1. The van der Waals surface area contributed by atoms with Gasteiger partial charge < -0.3 is 5.32 Å². The second-order valence-electron chi connectivity index (χ2n) is 5.11. The smallest absolute Gasteiger partial charge is 0.215 e. The van der Waals surface area contributed by atoms with Crippen molar-refractivity contribution in [2.75, 3.05) is 11.6 Å². The van der Waals surface area contributed by atoms with Crippen LogP contribution in [-0.2, 0) is 6.42 Å². The lowest BCUT2D eigenvalue weighted by Crippen LogP contribution is -2.06. The van der Waals surface area contributed by atoms with Crippen molar-refractivity contribution >= 4 is 40.8 Å². The van der Waals surface area contributed by atoms with Gasteiger partial charge in [0.1, 0.15) is 17.5 Å². The van der Waals surface area contributed by atoms with Gasteiger partial charge >= 0.3 is 0 Å². The number of hydrogen-bond acceptors (Lipinski definition) is 6. The van der Waals surface area contributed by atoms with Crippen molar-refractivity contribution in [2.45, 2.75) is 17.1 Å². The van der Waals surface area contributed by atoms with Gasteiger partial charge in [-0.1, -0.05) is 18.2 Å². The van der Waals surface area contributed by atoms with Crippen LogP contribution in [0, 0.1) is 11.3 Å². The maximum absolute atomic E-state index is 12.8. The van der Waals surface area contributed by atoms with Gasteiger partial charge in [-0.05, 0) is 36.8 Å². The molecule has 0 saturated carbocycles. The number of ketones is 1. The van der Waals surface area contributed by atoms with E-state index in [9.17, 15) is 10.1 Å². The molecule has 120 valence electrons. The van der Waals surface area contributed by atoms with E-state index in [4.69, 9.17) is 0 Å². The van der Waals surface area contributed by atoms with Gasteiger partial charge in [-0.15, -0.1) is 23.1 Å². The molecule has 0 fully saturated rings. The van der Waals surface area contributed by atoms with Crippen LogP contribution >= 0.6 is 23.1 Å². The normalized spacial score (nSPS) is 13.2. The van der Waals surface area contributed by atoms with Gasteiger partial charge in [-0.2, -0.15) is 5.26 Å². The van der Waals surface area contributed by atoms with Crippen molar-refractivity contribution in [2.24, 2.45) is 0 Å². The second kappa shape index (κ2) is 7.47. The van der Waals surface area contributed by atoms with Crippen LogP contribution in [0.3, 0.4) is 0 Å². The van der Waals surface area contributed by atoms with Crippen molar-refractivity contribution < 1.29 is 4.79 Å². The average Bonchev–Trinajstić information content (AvgIpc) is 3.02. The lowest BCUT2D eigenvalue weighted by Gasteiger charge is -2.08. The molecule has 0 atom stereocenters. The highest BCUT2D eigenvalue weighted by molar-refractivity contribution is 8.00. The summed E-state index contributed by atoms with van der Waals surface area (Å²) in [5.74, 6) is 0.372. The summed E-state index contributed by atoms with van der Waals surface area (Å²) in [6.45, 7) is 0. The molecule has 24 heavy (non-hydrogen) atoms. The number of carbonyl (C=O) groups is 1. The summed E-state index contributed by atoms with van der Waals surface area (Å²) in [6, 6.07) is 7.43. The number of nitriles is 1. The Kier molecular flexibility index (Phi) is 5.14. The number of carbonyl (C=O) groups excluding carboxylic acids is 1. The van der Waals surface area contributed by atoms with Gasteiger partial charge in [0.05, 0.1) is 9.09 Å². The van der Waals surface area contributed by atoms with Crippen LogP contribution in [0.15, 0.2) is 46.5 Å². The third-order valence-electron chi connectivity index (χ3n) is 3.65. The summed E-state index contributed by atoms with van der Waals surface area (Å²) in [4.78, 5) is 17.6. The number of fused-ring (bicyclic) bond motifs is 1. The minimum Gasteiger partial charge on any atom is -0.345 e. The molecule has 1 aliphatic carbocycles. The first-order chi connectivity index (χ1) is 11.7. The summed E-state index contributed by atoms with van der Waals surface area (Å²) in [5, 5.41) is 12.3. The number of Topliss-reactive ketones (excluding diaryl/α,β-unsaturated/α-hetero) is 1. The summed E-state index contributed by atoms with van der Waals surface area (Å²) < 4.78 is 1.12. The molecule has 1 N–H and O–H groups in total. The fourth-order valence-corrected chi connectivity index (χ4v) is 4.52. The molecule has 2 heterocycles. The molecule has 0 bridgehead atoms. The molecular weight excluding hydrogens is 338 g/mol. The lowest BCUT2D eigenvalue weighted by atomic mass is 9.97. The Hall–Kier alpha value is -2.36. The lowest BCUT2D eigenvalue weighted by molar-refractivity contribution is 0.104. The van der Waals surface area contributed by atoms with Gasteiger partial charge in [-0.25, -0.2) is 4.98 Å². The Morgan fingerprint density at radius 1 is 1.50 bits per heavy atom. The van der Waals surface area contributed by atoms with Crippen LogP contribution in [0.2, 0.25) is 0 Å². The van der Waals surface area contributed by atoms with Crippen LogP contribution in [-0.4, -0.2) is 17.0 Å². The highest BCUT2D eigenvalue weighted by Gasteiger charge is 2.24. The molecule has 0 radical (unpaired) electrons. The Morgan fingerprint density at radius 3 is 3.08 bits per heavy atom. The van der Waals surface area contributed by atoms with E-state index in [1.807, 2.05) is 18.4 Å². The largest absolute Gasteiger partial charge is 0.345 e. The van der Waals surface area contributed by atoms with E-state index in [1.54, 1.807) is 30.1 Å². The Labute approximate surface area is 148 Å². The van der Waals surface area contributed by atoms with E-state index in [-0.39, 0.29) is 11.4 Å². The molecule has 1 aliphatic rings. The zero-order valence-corrected chi connectivity index (χ0v) is 14.7. The number of hydrogen-bond donors (Lipinski definition) is 1. The molecule has 2 aromatic heterocycles. The standard InChI is InChI=1S/C18H15N3OS2/c1-23-18-14-7-3-2-6-13(14)17(24-18)16(22)12(10-19)11-21-15-8-4-5-9-20-15/h3-5,7-9,11H,2,6H2,1H3,(H,20,21)/b12-11+. The SMILES string of the molecule is CSc1sc(C(=O)/C(C#N)=C/Nc2ccccn2)c2c1C=CCC2. The van der Waals surface area contributed by atoms with Crippen molar-refractivity contribution in [3.8, 4) is 6.07 Å². The van der Waals surface area contributed by atoms with Gasteiger partial charge in [0.2, 0.25) is 5.78 Å².